The van der Waals surface area contributed by atoms with Gasteiger partial charge in [-0.15, -0.1) is 0 Å². The lowest BCUT2D eigenvalue weighted by molar-refractivity contribution is 0.0331. The van der Waals surface area contributed by atoms with Crippen molar-refractivity contribution in [2.45, 2.75) is 0 Å². The summed E-state index contributed by atoms with van der Waals surface area (Å²) in [7, 11) is 1.41. The van der Waals surface area contributed by atoms with Gasteiger partial charge in [-0.3, -0.25) is 14.8 Å². The Labute approximate surface area is 224 Å². The van der Waals surface area contributed by atoms with Crippen LogP contribution in [0.2, 0.25) is 0 Å². The van der Waals surface area contributed by atoms with E-state index in [0.717, 1.165) is 93.8 Å². The number of hydrogen-bond donors (Lipinski definition) is 0. The number of esters is 1. The third-order valence-electron chi connectivity index (χ3n) is 6.96. The Morgan fingerprint density at radius 3 is 2.32 bits per heavy atom. The van der Waals surface area contributed by atoms with Crippen LogP contribution >= 0.6 is 0 Å². The molecule has 0 atom stereocenters. The number of pyridine rings is 2. The van der Waals surface area contributed by atoms with Crippen molar-refractivity contribution in [3.63, 3.8) is 0 Å². The molecule has 0 bridgehead atoms. The smallest absolute Gasteiger partial charge is 0.338 e. The van der Waals surface area contributed by atoms with Crippen LogP contribution in [0.1, 0.15) is 21.5 Å². The lowest BCUT2D eigenvalue weighted by Gasteiger charge is -2.37. The van der Waals surface area contributed by atoms with Crippen molar-refractivity contribution in [2.75, 3.05) is 77.6 Å². The highest BCUT2D eigenvalue weighted by Gasteiger charge is 2.21. The van der Waals surface area contributed by atoms with Gasteiger partial charge in [0.05, 0.1) is 31.6 Å². The molecule has 8 heteroatoms. The SMILES string of the molecule is COC(=O)c1cc(-c2ccc(C#Cc3cccnc3)cc2)nc(N2CCN(CCN3CCOCC3)CC2)c1. The number of methoxy groups -OCH3 is 1. The number of nitrogens with zero attached hydrogens (tertiary/aromatic N) is 5. The van der Waals surface area contributed by atoms with Crippen LogP contribution in [0.15, 0.2) is 60.9 Å². The van der Waals surface area contributed by atoms with Crippen molar-refractivity contribution in [1.29, 1.82) is 0 Å². The number of carbonyl (C=O) groups excluding carboxylic acids is 1. The third-order valence-corrected chi connectivity index (χ3v) is 6.96. The first-order chi connectivity index (χ1) is 18.7. The Bertz CT molecular complexity index is 1270. The molecule has 0 amide bonds. The molecular weight excluding hydrogens is 478 g/mol. The first-order valence-corrected chi connectivity index (χ1v) is 13.1. The Balaban J connectivity index is 1.28. The summed E-state index contributed by atoms with van der Waals surface area (Å²) >= 11 is 0. The third kappa shape index (κ3) is 6.75. The van der Waals surface area contributed by atoms with Crippen LogP contribution < -0.4 is 4.90 Å². The number of aromatic nitrogens is 2. The Morgan fingerprint density at radius 1 is 0.921 bits per heavy atom. The van der Waals surface area contributed by atoms with Gasteiger partial charge in [0.1, 0.15) is 5.82 Å². The van der Waals surface area contributed by atoms with E-state index >= 15 is 0 Å². The van der Waals surface area contributed by atoms with E-state index in [2.05, 4.69) is 31.5 Å². The number of carbonyl (C=O) groups is 1. The van der Waals surface area contributed by atoms with E-state index in [0.29, 0.717) is 5.56 Å². The summed E-state index contributed by atoms with van der Waals surface area (Å²) in [4.78, 5) is 28.8. The predicted octanol–water partition coefficient (Wildman–Crippen LogP) is 2.78. The summed E-state index contributed by atoms with van der Waals surface area (Å²) in [5.74, 6) is 6.74. The second kappa shape index (κ2) is 12.7. The largest absolute Gasteiger partial charge is 0.465 e. The number of anilines is 1. The van der Waals surface area contributed by atoms with Crippen LogP contribution in [-0.2, 0) is 9.47 Å². The summed E-state index contributed by atoms with van der Waals surface area (Å²) in [5, 5.41) is 0. The summed E-state index contributed by atoms with van der Waals surface area (Å²) in [5.41, 5.74) is 3.94. The fraction of sp³-hybridized carbons (Fsp3) is 0.367. The van der Waals surface area contributed by atoms with Gasteiger partial charge in [-0.05, 0) is 36.4 Å². The van der Waals surface area contributed by atoms with Gasteiger partial charge >= 0.3 is 5.97 Å². The first kappa shape index (κ1) is 25.9. The molecule has 2 aromatic heterocycles. The number of hydrogen-bond acceptors (Lipinski definition) is 8. The highest BCUT2D eigenvalue weighted by atomic mass is 16.5. The van der Waals surface area contributed by atoms with E-state index in [1.807, 2.05) is 42.5 Å². The van der Waals surface area contributed by atoms with Crippen molar-refractivity contribution in [3.05, 3.63) is 77.6 Å². The molecule has 0 aliphatic carbocycles. The van der Waals surface area contributed by atoms with E-state index < -0.39 is 0 Å². The summed E-state index contributed by atoms with van der Waals surface area (Å²) < 4.78 is 10.5. The molecule has 0 saturated carbocycles. The molecule has 3 aromatic rings. The lowest BCUT2D eigenvalue weighted by Crippen LogP contribution is -2.49. The lowest BCUT2D eigenvalue weighted by atomic mass is 10.1. The number of rotatable bonds is 6. The average molecular weight is 512 g/mol. The molecular formula is C30H33N5O3. The molecule has 38 heavy (non-hydrogen) atoms. The maximum absolute atomic E-state index is 12.5. The zero-order valence-corrected chi connectivity index (χ0v) is 21.8. The Kier molecular flexibility index (Phi) is 8.61. The molecule has 5 rings (SSSR count). The summed E-state index contributed by atoms with van der Waals surface area (Å²) in [6.07, 6.45) is 3.48. The molecule has 2 fully saturated rings. The molecule has 2 aliphatic heterocycles. The van der Waals surface area contributed by atoms with Gasteiger partial charge in [-0.2, -0.15) is 0 Å². The molecule has 0 unspecified atom stereocenters. The van der Waals surface area contributed by atoms with Crippen molar-refractivity contribution < 1.29 is 14.3 Å². The van der Waals surface area contributed by atoms with Crippen LogP contribution in [0.25, 0.3) is 11.3 Å². The maximum atomic E-state index is 12.5. The average Bonchev–Trinajstić information content (AvgIpc) is 3.00. The molecule has 0 spiro atoms. The summed E-state index contributed by atoms with van der Waals surface area (Å²) in [6.45, 7) is 9.50. The maximum Gasteiger partial charge on any atom is 0.338 e. The molecule has 0 N–H and O–H groups in total. The minimum atomic E-state index is -0.363. The highest BCUT2D eigenvalue weighted by molar-refractivity contribution is 5.91. The van der Waals surface area contributed by atoms with Crippen molar-refractivity contribution in [1.82, 2.24) is 19.8 Å². The zero-order chi connectivity index (χ0) is 26.2. The van der Waals surface area contributed by atoms with Crippen LogP contribution in [0, 0.1) is 11.8 Å². The molecule has 1 aromatic carbocycles. The fourth-order valence-electron chi connectivity index (χ4n) is 4.68. The number of piperazine rings is 1. The Hall–Kier alpha value is -3.77. The van der Waals surface area contributed by atoms with Gasteiger partial charge in [0.2, 0.25) is 0 Å². The van der Waals surface area contributed by atoms with Gasteiger partial charge in [0.15, 0.2) is 0 Å². The van der Waals surface area contributed by atoms with E-state index in [9.17, 15) is 4.79 Å². The molecule has 8 nitrogen and oxygen atoms in total. The van der Waals surface area contributed by atoms with Gasteiger partial charge in [0.25, 0.3) is 0 Å². The van der Waals surface area contributed by atoms with Gasteiger partial charge in [0, 0.05) is 81.4 Å². The van der Waals surface area contributed by atoms with E-state index in [1.165, 1.54) is 7.11 Å². The quantitative estimate of drug-likeness (QED) is 0.370. The second-order valence-corrected chi connectivity index (χ2v) is 9.44. The van der Waals surface area contributed by atoms with E-state index in [-0.39, 0.29) is 5.97 Å². The van der Waals surface area contributed by atoms with Crippen molar-refractivity contribution >= 4 is 11.8 Å². The minimum absolute atomic E-state index is 0.363. The molecule has 2 saturated heterocycles. The molecule has 2 aliphatic rings. The monoisotopic (exact) mass is 511 g/mol. The molecule has 4 heterocycles. The molecule has 0 radical (unpaired) electrons. The number of ether oxygens (including phenoxy) is 2. The number of morpholine rings is 1. The Morgan fingerprint density at radius 2 is 1.63 bits per heavy atom. The van der Waals surface area contributed by atoms with Crippen LogP contribution in [0.3, 0.4) is 0 Å². The first-order valence-electron chi connectivity index (χ1n) is 13.1. The topological polar surface area (TPSA) is 71.0 Å². The minimum Gasteiger partial charge on any atom is -0.465 e. The normalized spacial score (nSPS) is 16.5. The van der Waals surface area contributed by atoms with E-state index in [4.69, 9.17) is 14.5 Å². The van der Waals surface area contributed by atoms with Gasteiger partial charge in [-0.1, -0.05) is 24.0 Å². The standard InChI is InChI=1S/C30H33N5O3/c1-37-30(36)27-21-28(26-8-6-24(7-9-26)4-5-25-3-2-10-31-23-25)32-29(22-27)35-15-13-33(14-16-35)11-12-34-17-19-38-20-18-34/h2-3,6-10,21-23H,11-20H2,1H3. The summed E-state index contributed by atoms with van der Waals surface area (Å²) in [6, 6.07) is 15.4. The van der Waals surface area contributed by atoms with Crippen LogP contribution in [0.4, 0.5) is 5.82 Å². The molecule has 196 valence electrons. The second-order valence-electron chi connectivity index (χ2n) is 9.44. The number of benzene rings is 1. The predicted molar refractivity (Wildman–Crippen MR) is 147 cm³/mol. The van der Waals surface area contributed by atoms with Crippen LogP contribution in [0.5, 0.6) is 0 Å². The zero-order valence-electron chi connectivity index (χ0n) is 21.8. The fourth-order valence-corrected chi connectivity index (χ4v) is 4.68. The van der Waals surface area contributed by atoms with Gasteiger partial charge < -0.3 is 14.4 Å². The highest BCUT2D eigenvalue weighted by Crippen LogP contribution is 2.25. The van der Waals surface area contributed by atoms with E-state index in [1.54, 1.807) is 18.5 Å². The van der Waals surface area contributed by atoms with Crippen LogP contribution in [-0.4, -0.2) is 98.4 Å². The van der Waals surface area contributed by atoms with Crippen molar-refractivity contribution in [2.24, 2.45) is 0 Å². The van der Waals surface area contributed by atoms with Gasteiger partial charge in [-0.25, -0.2) is 9.78 Å². The van der Waals surface area contributed by atoms with Crippen molar-refractivity contribution in [3.8, 4) is 23.1 Å².